The largest absolute Gasteiger partial charge is 0.376 e. The summed E-state index contributed by atoms with van der Waals surface area (Å²) in [6.45, 7) is 4.28. The minimum absolute atomic E-state index is 0.0282. The maximum Gasteiger partial charge on any atom is 0.251 e. The Hall–Kier alpha value is -2.04. The van der Waals surface area contributed by atoms with Gasteiger partial charge in [0.1, 0.15) is 0 Å². The molecule has 1 atom stereocenters. The molecule has 5 heteroatoms. The van der Waals surface area contributed by atoms with Crippen molar-refractivity contribution < 1.29 is 9.59 Å². The molecule has 0 saturated heterocycles. The molecule has 1 unspecified atom stereocenters. The summed E-state index contributed by atoms with van der Waals surface area (Å²) in [5.74, 6) is -0.0357. The molecule has 3 N–H and O–H groups in total. The summed E-state index contributed by atoms with van der Waals surface area (Å²) in [7, 11) is 0. The maximum absolute atomic E-state index is 12.0. The van der Waals surface area contributed by atoms with E-state index in [2.05, 4.69) is 16.0 Å². The quantitative estimate of drug-likeness (QED) is 0.719. The second-order valence-corrected chi connectivity index (χ2v) is 6.62. The Bertz CT molecular complexity index is 536. The van der Waals surface area contributed by atoms with Crippen molar-refractivity contribution in [2.24, 2.45) is 0 Å². The van der Waals surface area contributed by atoms with E-state index in [1.165, 1.54) is 19.3 Å². The lowest BCUT2D eigenvalue weighted by Gasteiger charge is -2.22. The Labute approximate surface area is 144 Å². The van der Waals surface area contributed by atoms with Crippen molar-refractivity contribution in [1.29, 1.82) is 0 Å². The molecule has 0 radical (unpaired) electrons. The molecule has 0 spiro atoms. The van der Waals surface area contributed by atoms with Crippen molar-refractivity contribution in [3.8, 4) is 0 Å². The van der Waals surface area contributed by atoms with E-state index in [1.807, 2.05) is 26.0 Å². The van der Waals surface area contributed by atoms with Gasteiger partial charge in [-0.2, -0.15) is 0 Å². The van der Waals surface area contributed by atoms with E-state index in [9.17, 15) is 9.59 Å². The van der Waals surface area contributed by atoms with E-state index >= 15 is 0 Å². The van der Waals surface area contributed by atoms with Crippen LogP contribution in [-0.4, -0.2) is 30.4 Å². The Morgan fingerprint density at radius 3 is 2.42 bits per heavy atom. The van der Waals surface area contributed by atoms with Crippen LogP contribution in [0, 0.1) is 0 Å². The summed E-state index contributed by atoms with van der Waals surface area (Å²) in [5, 5.41) is 9.13. The standard InChI is InChI=1S/C19H29N3O2/c1-3-14(2)21-19(24)15-9-11-16(12-10-15)20-13-18(23)22-17-7-5-4-6-8-17/h9-12,14,17,20H,3-8,13H2,1-2H3,(H,21,24)(H,22,23). The zero-order chi connectivity index (χ0) is 17.4. The second kappa shape index (κ2) is 9.30. The van der Waals surface area contributed by atoms with Crippen LogP contribution in [-0.2, 0) is 4.79 Å². The highest BCUT2D eigenvalue weighted by atomic mass is 16.2. The molecule has 24 heavy (non-hydrogen) atoms. The van der Waals surface area contributed by atoms with Crippen LogP contribution in [0.2, 0.25) is 0 Å². The average molecular weight is 331 g/mol. The smallest absolute Gasteiger partial charge is 0.251 e. The van der Waals surface area contributed by atoms with Crippen LogP contribution < -0.4 is 16.0 Å². The van der Waals surface area contributed by atoms with E-state index in [0.717, 1.165) is 24.9 Å². The molecular formula is C19H29N3O2. The predicted octanol–water partition coefficient (Wildman–Crippen LogP) is 3.08. The van der Waals surface area contributed by atoms with E-state index in [1.54, 1.807) is 12.1 Å². The van der Waals surface area contributed by atoms with Crippen molar-refractivity contribution in [2.75, 3.05) is 11.9 Å². The van der Waals surface area contributed by atoms with Gasteiger partial charge in [-0.25, -0.2) is 0 Å². The van der Waals surface area contributed by atoms with Gasteiger partial charge in [-0.05, 0) is 50.5 Å². The number of benzene rings is 1. The summed E-state index contributed by atoms with van der Waals surface area (Å²) in [4.78, 5) is 24.0. The molecule has 0 aromatic heterocycles. The fourth-order valence-corrected chi connectivity index (χ4v) is 2.86. The molecule has 5 nitrogen and oxygen atoms in total. The van der Waals surface area contributed by atoms with Crippen molar-refractivity contribution in [2.45, 2.75) is 64.5 Å². The van der Waals surface area contributed by atoms with Gasteiger partial charge in [0.15, 0.2) is 0 Å². The first-order chi connectivity index (χ1) is 11.6. The molecule has 1 aliphatic carbocycles. The average Bonchev–Trinajstić information content (AvgIpc) is 2.61. The van der Waals surface area contributed by atoms with Gasteiger partial charge in [0.25, 0.3) is 5.91 Å². The Morgan fingerprint density at radius 2 is 1.79 bits per heavy atom. The first-order valence-electron chi connectivity index (χ1n) is 9.02. The predicted molar refractivity (Wildman–Crippen MR) is 97.2 cm³/mol. The van der Waals surface area contributed by atoms with Crippen LogP contribution in [0.3, 0.4) is 0 Å². The fourth-order valence-electron chi connectivity index (χ4n) is 2.86. The highest BCUT2D eigenvalue weighted by molar-refractivity contribution is 5.94. The molecule has 132 valence electrons. The van der Waals surface area contributed by atoms with E-state index in [0.29, 0.717) is 11.6 Å². The summed E-state index contributed by atoms with van der Waals surface area (Å²) in [5.41, 5.74) is 1.47. The number of carbonyl (C=O) groups excluding carboxylic acids is 2. The third-order valence-corrected chi connectivity index (χ3v) is 4.56. The molecular weight excluding hydrogens is 302 g/mol. The number of amides is 2. The lowest BCUT2D eigenvalue weighted by molar-refractivity contribution is -0.120. The minimum Gasteiger partial charge on any atom is -0.376 e. The lowest BCUT2D eigenvalue weighted by Crippen LogP contribution is -2.39. The summed E-state index contributed by atoms with van der Waals surface area (Å²) in [6.07, 6.45) is 6.78. The van der Waals surface area contributed by atoms with Gasteiger partial charge in [0.2, 0.25) is 5.91 Å². The topological polar surface area (TPSA) is 70.2 Å². The first-order valence-corrected chi connectivity index (χ1v) is 9.02. The molecule has 0 bridgehead atoms. The van der Waals surface area contributed by atoms with Crippen LogP contribution in [0.4, 0.5) is 5.69 Å². The highest BCUT2D eigenvalue weighted by Crippen LogP contribution is 2.17. The summed E-state index contributed by atoms with van der Waals surface area (Å²) in [6, 6.07) is 7.72. The van der Waals surface area contributed by atoms with Gasteiger partial charge in [0.05, 0.1) is 6.54 Å². The van der Waals surface area contributed by atoms with Gasteiger partial charge in [-0.3, -0.25) is 9.59 Å². The van der Waals surface area contributed by atoms with Crippen molar-refractivity contribution in [3.05, 3.63) is 29.8 Å². The van der Waals surface area contributed by atoms with Crippen LogP contribution in [0.25, 0.3) is 0 Å². The summed E-state index contributed by atoms with van der Waals surface area (Å²) >= 11 is 0. The van der Waals surface area contributed by atoms with Crippen molar-refractivity contribution in [1.82, 2.24) is 10.6 Å². The molecule has 2 rings (SSSR count). The Morgan fingerprint density at radius 1 is 1.12 bits per heavy atom. The molecule has 1 aromatic rings. The van der Waals surface area contributed by atoms with Crippen LogP contribution >= 0.6 is 0 Å². The molecule has 0 heterocycles. The second-order valence-electron chi connectivity index (χ2n) is 6.62. The minimum atomic E-state index is -0.0639. The molecule has 1 aliphatic rings. The van der Waals surface area contributed by atoms with E-state index in [-0.39, 0.29) is 24.4 Å². The molecule has 1 saturated carbocycles. The third-order valence-electron chi connectivity index (χ3n) is 4.56. The van der Waals surface area contributed by atoms with Gasteiger partial charge in [0, 0.05) is 23.3 Å². The van der Waals surface area contributed by atoms with Gasteiger partial charge in [-0.15, -0.1) is 0 Å². The number of hydrogen-bond acceptors (Lipinski definition) is 3. The molecule has 1 aromatic carbocycles. The summed E-state index contributed by atoms with van der Waals surface area (Å²) < 4.78 is 0. The zero-order valence-corrected chi connectivity index (χ0v) is 14.7. The van der Waals surface area contributed by atoms with Gasteiger partial charge < -0.3 is 16.0 Å². The van der Waals surface area contributed by atoms with Gasteiger partial charge in [-0.1, -0.05) is 26.2 Å². The van der Waals surface area contributed by atoms with Crippen LogP contribution in [0.15, 0.2) is 24.3 Å². The van der Waals surface area contributed by atoms with Gasteiger partial charge >= 0.3 is 0 Å². The Kier molecular flexibility index (Phi) is 7.09. The monoisotopic (exact) mass is 331 g/mol. The van der Waals surface area contributed by atoms with Crippen LogP contribution in [0.1, 0.15) is 62.7 Å². The van der Waals surface area contributed by atoms with E-state index < -0.39 is 0 Å². The zero-order valence-electron chi connectivity index (χ0n) is 14.7. The Balaban J connectivity index is 1.76. The molecule has 2 amide bonds. The number of anilines is 1. The number of hydrogen-bond donors (Lipinski definition) is 3. The number of carbonyl (C=O) groups is 2. The molecule has 0 aliphatic heterocycles. The molecule has 1 fully saturated rings. The number of nitrogens with one attached hydrogen (secondary N) is 3. The number of rotatable bonds is 7. The SMILES string of the molecule is CCC(C)NC(=O)c1ccc(NCC(=O)NC2CCCCC2)cc1. The highest BCUT2D eigenvalue weighted by Gasteiger charge is 2.15. The van der Waals surface area contributed by atoms with E-state index in [4.69, 9.17) is 0 Å². The first kappa shape index (κ1) is 18.3. The third kappa shape index (κ3) is 5.87. The lowest BCUT2D eigenvalue weighted by atomic mass is 9.95. The maximum atomic E-state index is 12.0. The normalized spacial score (nSPS) is 16.2. The van der Waals surface area contributed by atoms with Crippen molar-refractivity contribution in [3.63, 3.8) is 0 Å². The van der Waals surface area contributed by atoms with Crippen LogP contribution in [0.5, 0.6) is 0 Å². The fraction of sp³-hybridized carbons (Fsp3) is 0.579. The van der Waals surface area contributed by atoms with Crippen molar-refractivity contribution >= 4 is 17.5 Å².